The van der Waals surface area contributed by atoms with E-state index in [1.165, 1.54) is 25.3 Å². The van der Waals surface area contributed by atoms with Crippen molar-refractivity contribution in [3.8, 4) is 5.75 Å². The van der Waals surface area contributed by atoms with E-state index in [0.717, 1.165) is 0 Å². The quantitative estimate of drug-likeness (QED) is 0.492. The number of aliphatic hydroxyl groups is 2. The number of nitro benzene ring substituents is 1. The van der Waals surface area contributed by atoms with Crippen molar-refractivity contribution in [3.05, 3.63) is 33.9 Å². The molecular weight excluding hydrogens is 228 g/mol. The van der Waals surface area contributed by atoms with Gasteiger partial charge in [-0.2, -0.15) is 0 Å². The lowest BCUT2D eigenvalue weighted by atomic mass is 10.0. The average Bonchev–Trinajstić information content (AvgIpc) is 2.35. The fraction of sp³-hybridized carbons (Fsp3) is 0.400. The van der Waals surface area contributed by atoms with Gasteiger partial charge in [-0.25, -0.2) is 0 Å². The summed E-state index contributed by atoms with van der Waals surface area (Å²) < 4.78 is 4.91. The fourth-order valence-electron chi connectivity index (χ4n) is 1.40. The van der Waals surface area contributed by atoms with Gasteiger partial charge in [-0.05, 0) is 12.1 Å². The average molecular weight is 242 g/mol. The third kappa shape index (κ3) is 2.90. The molecule has 0 fully saturated rings. The van der Waals surface area contributed by atoms with Crippen LogP contribution in [-0.2, 0) is 0 Å². The third-order valence-corrected chi connectivity index (χ3v) is 2.36. The second-order valence-corrected chi connectivity index (χ2v) is 3.43. The summed E-state index contributed by atoms with van der Waals surface area (Å²) in [5, 5.41) is 29.9. The smallest absolute Gasteiger partial charge is 0.275 e. The number of rotatable bonds is 5. The Bertz CT molecular complexity index is 410. The molecule has 0 saturated heterocycles. The van der Waals surface area contributed by atoms with Crippen molar-refractivity contribution in [2.75, 3.05) is 13.7 Å². The first-order valence-corrected chi connectivity index (χ1v) is 4.89. The highest BCUT2D eigenvalue weighted by atomic mass is 16.6. The normalized spacial score (nSPS) is 14.1. The maximum Gasteiger partial charge on any atom is 0.275 e. The molecule has 0 spiro atoms. The van der Waals surface area contributed by atoms with Crippen LogP contribution >= 0.6 is 0 Å². The first-order chi connectivity index (χ1) is 8.01. The minimum Gasteiger partial charge on any atom is -0.497 e. The van der Waals surface area contributed by atoms with Crippen molar-refractivity contribution < 1.29 is 19.9 Å². The van der Waals surface area contributed by atoms with E-state index in [-0.39, 0.29) is 17.8 Å². The molecule has 0 aliphatic rings. The molecule has 2 atom stereocenters. The number of nitrogens with two attached hydrogens (primary N) is 1. The molecule has 0 heterocycles. The van der Waals surface area contributed by atoms with Gasteiger partial charge in [0.25, 0.3) is 5.69 Å². The molecule has 0 amide bonds. The fourth-order valence-corrected chi connectivity index (χ4v) is 1.40. The minimum absolute atomic E-state index is 0.0210. The summed E-state index contributed by atoms with van der Waals surface area (Å²) in [6.07, 6.45) is -2.68. The number of hydrogen-bond donors (Lipinski definition) is 3. The number of hydrogen-bond acceptors (Lipinski definition) is 6. The number of methoxy groups -OCH3 is 1. The van der Waals surface area contributed by atoms with Gasteiger partial charge in [-0.3, -0.25) is 10.1 Å². The van der Waals surface area contributed by atoms with Crippen molar-refractivity contribution >= 4 is 5.69 Å². The Balaban J connectivity index is 3.21. The topological polar surface area (TPSA) is 119 Å². The molecule has 94 valence electrons. The molecule has 0 aromatic heterocycles. The Morgan fingerprint density at radius 3 is 2.65 bits per heavy atom. The van der Waals surface area contributed by atoms with E-state index in [4.69, 9.17) is 10.5 Å². The second-order valence-electron chi connectivity index (χ2n) is 3.43. The van der Waals surface area contributed by atoms with Crippen molar-refractivity contribution in [3.63, 3.8) is 0 Å². The number of ether oxygens (including phenoxy) is 1. The zero-order valence-corrected chi connectivity index (χ0v) is 9.24. The molecule has 0 aliphatic carbocycles. The molecule has 1 aromatic carbocycles. The molecular formula is C10H14N2O5. The first kappa shape index (κ1) is 13.4. The van der Waals surface area contributed by atoms with Crippen LogP contribution < -0.4 is 10.5 Å². The molecule has 0 saturated carbocycles. The van der Waals surface area contributed by atoms with Crippen LogP contribution in [0.5, 0.6) is 5.75 Å². The van der Waals surface area contributed by atoms with E-state index in [1.807, 2.05) is 0 Å². The lowest BCUT2D eigenvalue weighted by Gasteiger charge is -2.16. The van der Waals surface area contributed by atoms with Gasteiger partial charge in [0, 0.05) is 12.6 Å². The maximum absolute atomic E-state index is 10.8. The Hall–Kier alpha value is -1.70. The highest BCUT2D eigenvalue weighted by Gasteiger charge is 2.26. The largest absolute Gasteiger partial charge is 0.497 e. The molecule has 2 unspecified atom stereocenters. The molecule has 7 heteroatoms. The van der Waals surface area contributed by atoms with E-state index >= 15 is 0 Å². The number of benzene rings is 1. The summed E-state index contributed by atoms with van der Waals surface area (Å²) >= 11 is 0. The number of nitro groups is 1. The van der Waals surface area contributed by atoms with Crippen molar-refractivity contribution in [1.29, 1.82) is 0 Å². The lowest BCUT2D eigenvalue weighted by Crippen LogP contribution is -2.27. The van der Waals surface area contributed by atoms with Crippen LogP contribution in [-0.4, -0.2) is 34.9 Å². The molecule has 1 rings (SSSR count). The van der Waals surface area contributed by atoms with Crippen LogP contribution in [0.15, 0.2) is 18.2 Å². The summed E-state index contributed by atoms with van der Waals surface area (Å²) in [4.78, 5) is 10.1. The second kappa shape index (κ2) is 5.58. The standard InChI is InChI=1S/C10H14N2O5/c1-17-6-2-3-8(12(15)16)7(4-6)10(14)9(13)5-11/h2-4,9-10,13-14H,5,11H2,1H3. The SMILES string of the molecule is COc1ccc([N+](=O)[O-])c(C(O)C(O)CN)c1. The van der Waals surface area contributed by atoms with Crippen molar-refractivity contribution in [1.82, 2.24) is 0 Å². The summed E-state index contributed by atoms with van der Waals surface area (Å²) in [6.45, 7) is -0.199. The molecule has 4 N–H and O–H groups in total. The van der Waals surface area contributed by atoms with E-state index in [2.05, 4.69) is 0 Å². The Morgan fingerprint density at radius 2 is 2.18 bits per heavy atom. The number of nitrogens with zero attached hydrogens (tertiary/aromatic N) is 1. The predicted octanol–water partition coefficient (Wildman–Crippen LogP) is -0.0436. The Labute approximate surface area is 97.6 Å². The van der Waals surface area contributed by atoms with Crippen LogP contribution in [0.1, 0.15) is 11.7 Å². The van der Waals surface area contributed by atoms with Crippen molar-refractivity contribution in [2.45, 2.75) is 12.2 Å². The third-order valence-electron chi connectivity index (χ3n) is 2.36. The van der Waals surface area contributed by atoms with Crippen LogP contribution in [0.25, 0.3) is 0 Å². The van der Waals surface area contributed by atoms with Crippen LogP contribution in [0.4, 0.5) is 5.69 Å². The summed E-state index contributed by atoms with van der Waals surface area (Å²) in [5.74, 6) is 0.355. The zero-order valence-electron chi connectivity index (χ0n) is 9.24. The van der Waals surface area contributed by atoms with Gasteiger partial charge in [-0.15, -0.1) is 0 Å². The predicted molar refractivity (Wildman–Crippen MR) is 59.7 cm³/mol. The molecule has 0 bridgehead atoms. The van der Waals surface area contributed by atoms with E-state index < -0.39 is 17.1 Å². The molecule has 0 aliphatic heterocycles. The zero-order chi connectivity index (χ0) is 13.0. The monoisotopic (exact) mass is 242 g/mol. The highest BCUT2D eigenvalue weighted by Crippen LogP contribution is 2.30. The molecule has 0 radical (unpaired) electrons. The molecule has 1 aromatic rings. The molecule has 7 nitrogen and oxygen atoms in total. The van der Waals surface area contributed by atoms with Gasteiger partial charge in [-0.1, -0.05) is 0 Å². The van der Waals surface area contributed by atoms with Crippen LogP contribution in [0, 0.1) is 10.1 Å². The van der Waals surface area contributed by atoms with Gasteiger partial charge in [0.2, 0.25) is 0 Å². The highest BCUT2D eigenvalue weighted by molar-refractivity contribution is 5.46. The molecule has 17 heavy (non-hydrogen) atoms. The maximum atomic E-state index is 10.8. The van der Waals surface area contributed by atoms with Gasteiger partial charge in [0.05, 0.1) is 23.7 Å². The van der Waals surface area contributed by atoms with Crippen LogP contribution in [0.2, 0.25) is 0 Å². The Morgan fingerprint density at radius 1 is 1.53 bits per heavy atom. The van der Waals surface area contributed by atoms with Gasteiger partial charge >= 0.3 is 0 Å². The van der Waals surface area contributed by atoms with Gasteiger partial charge < -0.3 is 20.7 Å². The first-order valence-electron chi connectivity index (χ1n) is 4.89. The van der Waals surface area contributed by atoms with Crippen molar-refractivity contribution in [2.24, 2.45) is 5.73 Å². The summed E-state index contributed by atoms with van der Waals surface area (Å²) in [7, 11) is 1.40. The van der Waals surface area contributed by atoms with Crippen LogP contribution in [0.3, 0.4) is 0 Å². The van der Waals surface area contributed by atoms with Gasteiger partial charge in [0.1, 0.15) is 11.9 Å². The summed E-state index contributed by atoms with van der Waals surface area (Å²) in [6, 6.07) is 3.92. The Kier molecular flexibility index (Phi) is 4.38. The lowest BCUT2D eigenvalue weighted by molar-refractivity contribution is -0.386. The minimum atomic E-state index is -1.42. The number of aliphatic hydroxyl groups excluding tert-OH is 2. The van der Waals surface area contributed by atoms with E-state index in [0.29, 0.717) is 5.75 Å². The van der Waals surface area contributed by atoms with Gasteiger partial charge in [0.15, 0.2) is 0 Å². The summed E-state index contributed by atoms with van der Waals surface area (Å²) in [5.41, 5.74) is 4.89. The van der Waals surface area contributed by atoms with E-state index in [1.54, 1.807) is 0 Å². The van der Waals surface area contributed by atoms with E-state index in [9.17, 15) is 20.3 Å².